The summed E-state index contributed by atoms with van der Waals surface area (Å²) in [6, 6.07) is 6.81. The predicted octanol–water partition coefficient (Wildman–Crippen LogP) is 4.80. The largest absolute Gasteiger partial charge is 0.490 e. The molecular weight excluding hydrogens is 528 g/mol. The lowest BCUT2D eigenvalue weighted by Gasteiger charge is -2.28. The van der Waals surface area contributed by atoms with Gasteiger partial charge in [0.2, 0.25) is 6.10 Å². The van der Waals surface area contributed by atoms with Crippen molar-refractivity contribution in [3.8, 4) is 16.9 Å². The summed E-state index contributed by atoms with van der Waals surface area (Å²) >= 11 is 6.07. The average molecular weight is 542 g/mol. The number of alkyl halides is 6. The van der Waals surface area contributed by atoms with E-state index in [0.717, 1.165) is 6.08 Å². The topological polar surface area (TPSA) is 136 Å². The molecule has 0 spiro atoms. The minimum absolute atomic E-state index is 0.0352. The van der Waals surface area contributed by atoms with E-state index < -0.39 is 41.9 Å². The third kappa shape index (κ3) is 6.38. The van der Waals surface area contributed by atoms with Gasteiger partial charge in [0.1, 0.15) is 5.75 Å². The molecule has 194 valence electrons. The molecule has 0 bridgehead atoms. The number of methoxy groups -OCH3 is 1. The number of carboxylic acids is 2. The van der Waals surface area contributed by atoms with E-state index in [9.17, 15) is 35.9 Å². The third-order valence-electron chi connectivity index (χ3n) is 4.47. The maximum absolute atomic E-state index is 13.4. The van der Waals surface area contributed by atoms with E-state index in [1.807, 2.05) is 0 Å². The number of aliphatic carboxylic acids is 2. The molecule has 1 aliphatic rings. The minimum Gasteiger partial charge on any atom is -0.478 e. The number of hydrogen-bond acceptors (Lipinski definition) is 6. The lowest BCUT2D eigenvalue weighted by atomic mass is 9.95. The van der Waals surface area contributed by atoms with Gasteiger partial charge in [-0.05, 0) is 35.9 Å². The van der Waals surface area contributed by atoms with Crippen molar-refractivity contribution in [2.75, 3.05) is 12.8 Å². The van der Waals surface area contributed by atoms with E-state index in [4.69, 9.17) is 37.1 Å². The Bertz CT molecular complexity index is 1240. The number of esters is 1. The average Bonchev–Trinajstić information content (AvgIpc) is 2.76. The summed E-state index contributed by atoms with van der Waals surface area (Å²) < 4.78 is 81.6. The molecule has 2 aromatic rings. The van der Waals surface area contributed by atoms with Crippen LogP contribution in [0.5, 0.6) is 5.75 Å². The van der Waals surface area contributed by atoms with Crippen LogP contribution in [0, 0.1) is 0 Å². The number of halogens is 7. The van der Waals surface area contributed by atoms with E-state index in [0.29, 0.717) is 5.56 Å². The number of carboxylic acid groups (broad SMARTS) is 2. The standard InChI is InChI=1S/C19H13ClF3NO5.C2HF3O2/c1-28-18(27)11-3-2-8(6-14(11)24)12-7-10(20)4-9-5-13(17(25)26)16(19(21,22)23)29-15(9)12;3-2(4,5)1(6)7/h2-7,16H,24H2,1H3,(H,25,26);(H,6,7). The molecule has 0 radical (unpaired) electrons. The summed E-state index contributed by atoms with van der Waals surface area (Å²) in [4.78, 5) is 31.9. The zero-order valence-electron chi connectivity index (χ0n) is 17.7. The van der Waals surface area contributed by atoms with Gasteiger partial charge in [0.15, 0.2) is 0 Å². The van der Waals surface area contributed by atoms with Crippen LogP contribution in [-0.4, -0.2) is 53.7 Å². The Morgan fingerprint density at radius 2 is 1.64 bits per heavy atom. The molecule has 36 heavy (non-hydrogen) atoms. The Balaban J connectivity index is 0.000000572. The number of rotatable bonds is 3. The maximum atomic E-state index is 13.4. The molecule has 8 nitrogen and oxygen atoms in total. The minimum atomic E-state index is -5.08. The molecule has 0 saturated heterocycles. The zero-order valence-corrected chi connectivity index (χ0v) is 18.5. The first kappa shape index (κ1) is 28.3. The van der Waals surface area contributed by atoms with Crippen molar-refractivity contribution in [3.05, 3.63) is 52.1 Å². The van der Waals surface area contributed by atoms with Crippen molar-refractivity contribution < 1.29 is 60.4 Å². The summed E-state index contributed by atoms with van der Waals surface area (Å²) in [6.45, 7) is 0. The smallest absolute Gasteiger partial charge is 0.478 e. The van der Waals surface area contributed by atoms with Crippen molar-refractivity contribution >= 4 is 41.3 Å². The molecule has 0 aromatic heterocycles. The second-order valence-electron chi connectivity index (χ2n) is 6.91. The van der Waals surface area contributed by atoms with Crippen LogP contribution in [0.4, 0.5) is 32.0 Å². The number of carbonyl (C=O) groups excluding carboxylic acids is 1. The molecule has 0 amide bonds. The van der Waals surface area contributed by atoms with Crippen LogP contribution in [0.1, 0.15) is 15.9 Å². The van der Waals surface area contributed by atoms with Gasteiger partial charge in [-0.2, -0.15) is 26.3 Å². The Morgan fingerprint density at radius 3 is 2.08 bits per heavy atom. The number of nitrogens with two attached hydrogens (primary N) is 1. The number of ether oxygens (including phenoxy) is 2. The van der Waals surface area contributed by atoms with E-state index in [1.165, 1.54) is 37.4 Å². The fraction of sp³-hybridized carbons (Fsp3) is 0.190. The summed E-state index contributed by atoms with van der Waals surface area (Å²) in [7, 11) is 1.18. The molecule has 0 saturated carbocycles. The fourth-order valence-electron chi connectivity index (χ4n) is 2.94. The summed E-state index contributed by atoms with van der Waals surface area (Å²) in [6.07, 6.45) is -11.8. The quantitative estimate of drug-likeness (QED) is 0.286. The fourth-order valence-corrected chi connectivity index (χ4v) is 3.16. The van der Waals surface area contributed by atoms with Crippen molar-refractivity contribution in [1.82, 2.24) is 0 Å². The molecule has 15 heteroatoms. The normalized spacial score (nSPS) is 14.9. The van der Waals surface area contributed by atoms with Crippen LogP contribution in [0.25, 0.3) is 17.2 Å². The number of benzene rings is 2. The van der Waals surface area contributed by atoms with Crippen molar-refractivity contribution in [1.29, 1.82) is 0 Å². The van der Waals surface area contributed by atoms with Gasteiger partial charge in [0.25, 0.3) is 0 Å². The van der Waals surface area contributed by atoms with Gasteiger partial charge in [-0.1, -0.05) is 17.7 Å². The van der Waals surface area contributed by atoms with E-state index in [-0.39, 0.29) is 33.1 Å². The highest BCUT2D eigenvalue weighted by Crippen LogP contribution is 2.44. The Hall–Kier alpha value is -3.94. The molecule has 1 heterocycles. The first-order valence-corrected chi connectivity index (χ1v) is 9.65. The van der Waals surface area contributed by atoms with E-state index in [1.54, 1.807) is 0 Å². The van der Waals surface area contributed by atoms with Crippen LogP contribution in [0.2, 0.25) is 5.02 Å². The van der Waals surface area contributed by atoms with Crippen molar-refractivity contribution in [3.63, 3.8) is 0 Å². The van der Waals surface area contributed by atoms with Gasteiger partial charge >= 0.3 is 30.3 Å². The van der Waals surface area contributed by atoms with E-state index in [2.05, 4.69) is 4.74 Å². The van der Waals surface area contributed by atoms with Crippen molar-refractivity contribution in [2.24, 2.45) is 0 Å². The zero-order chi connectivity index (χ0) is 27.6. The van der Waals surface area contributed by atoms with Gasteiger partial charge in [-0.15, -0.1) is 0 Å². The molecule has 1 aliphatic heterocycles. The highest BCUT2D eigenvalue weighted by molar-refractivity contribution is 6.31. The Labute approximate surface area is 202 Å². The second kappa shape index (κ2) is 10.4. The van der Waals surface area contributed by atoms with Crippen LogP contribution >= 0.6 is 11.6 Å². The lowest BCUT2D eigenvalue weighted by Crippen LogP contribution is -2.40. The molecular formula is C21H14ClF6NO7. The Morgan fingerprint density at radius 1 is 1.06 bits per heavy atom. The van der Waals surface area contributed by atoms with Crippen molar-refractivity contribution in [2.45, 2.75) is 18.5 Å². The maximum Gasteiger partial charge on any atom is 0.490 e. The predicted molar refractivity (Wildman–Crippen MR) is 112 cm³/mol. The molecule has 4 N–H and O–H groups in total. The summed E-state index contributed by atoms with van der Waals surface area (Å²) in [5.41, 5.74) is 5.57. The molecule has 1 atom stereocenters. The van der Waals surface area contributed by atoms with Gasteiger partial charge in [0.05, 0.1) is 18.2 Å². The summed E-state index contributed by atoms with van der Waals surface area (Å²) in [5.74, 6) is -5.39. The highest BCUT2D eigenvalue weighted by atomic mass is 35.5. The molecule has 3 rings (SSSR count). The summed E-state index contributed by atoms with van der Waals surface area (Å²) in [5, 5.41) is 16.4. The molecule has 2 aromatic carbocycles. The van der Waals surface area contributed by atoms with Crippen LogP contribution in [0.3, 0.4) is 0 Å². The third-order valence-corrected chi connectivity index (χ3v) is 4.68. The monoisotopic (exact) mass is 541 g/mol. The number of nitrogen functional groups attached to an aromatic ring is 1. The first-order valence-electron chi connectivity index (χ1n) is 9.27. The van der Waals surface area contributed by atoms with Crippen LogP contribution < -0.4 is 10.5 Å². The number of carbonyl (C=O) groups is 3. The number of fused-ring (bicyclic) bond motifs is 1. The van der Waals surface area contributed by atoms with E-state index >= 15 is 0 Å². The Kier molecular flexibility index (Phi) is 8.14. The SMILES string of the molecule is COC(=O)c1ccc(-c2cc(Cl)cc3c2OC(C(F)(F)F)C(C(=O)O)=C3)cc1N.O=C(O)C(F)(F)F. The van der Waals surface area contributed by atoms with Gasteiger partial charge in [0, 0.05) is 21.8 Å². The number of hydrogen-bond donors (Lipinski definition) is 3. The lowest BCUT2D eigenvalue weighted by molar-refractivity contribution is -0.192. The molecule has 1 unspecified atom stereocenters. The van der Waals surface area contributed by atoms with Gasteiger partial charge < -0.3 is 25.4 Å². The highest BCUT2D eigenvalue weighted by Gasteiger charge is 2.49. The first-order chi connectivity index (χ1) is 16.5. The second-order valence-corrected chi connectivity index (χ2v) is 7.35. The number of anilines is 1. The molecule has 0 aliphatic carbocycles. The van der Waals surface area contributed by atoms with Crippen LogP contribution in [-0.2, 0) is 14.3 Å². The van der Waals surface area contributed by atoms with Gasteiger partial charge in [-0.3, -0.25) is 0 Å². The van der Waals surface area contributed by atoms with Crippen LogP contribution in [0.15, 0.2) is 35.9 Å². The molecule has 0 fully saturated rings. The van der Waals surface area contributed by atoms with Gasteiger partial charge in [-0.25, -0.2) is 14.4 Å².